The van der Waals surface area contributed by atoms with Gasteiger partial charge in [-0.15, -0.1) is 0 Å². The van der Waals surface area contributed by atoms with E-state index < -0.39 is 6.43 Å². The summed E-state index contributed by atoms with van der Waals surface area (Å²) in [6.07, 6.45) is 0.373. The minimum atomic E-state index is -2.18. The van der Waals surface area contributed by atoms with Crippen molar-refractivity contribution in [1.82, 2.24) is 10.2 Å². The smallest absolute Gasteiger partial charge is 0.251 e. The second-order valence-electron chi connectivity index (χ2n) is 4.05. The van der Waals surface area contributed by atoms with Crippen LogP contribution in [0.1, 0.15) is 12.8 Å². The van der Waals surface area contributed by atoms with Gasteiger partial charge in [-0.2, -0.15) is 0 Å². The first-order chi connectivity index (χ1) is 6.25. The van der Waals surface area contributed by atoms with Crippen LogP contribution in [0, 0.1) is 5.92 Å². The van der Waals surface area contributed by atoms with Gasteiger partial charge in [0.25, 0.3) is 6.43 Å². The van der Waals surface area contributed by atoms with Crippen molar-refractivity contribution < 1.29 is 8.78 Å². The monoisotopic (exact) mass is 190 g/mol. The number of hydrogen-bond donors (Lipinski definition) is 1. The van der Waals surface area contributed by atoms with Crippen LogP contribution in [0.4, 0.5) is 8.78 Å². The van der Waals surface area contributed by atoms with Crippen LogP contribution >= 0.6 is 0 Å². The fourth-order valence-electron chi connectivity index (χ4n) is 2.02. The molecule has 0 bridgehead atoms. The molecule has 4 heteroatoms. The van der Waals surface area contributed by atoms with Crippen LogP contribution in [-0.2, 0) is 0 Å². The standard InChI is InChI=1S/C9H16F2N2/c10-9(11)6-13-4-3-12-8(5-13)7-1-2-7/h7-9,12H,1-6H2. The Bertz CT molecular complexity index is 171. The summed E-state index contributed by atoms with van der Waals surface area (Å²) in [5.41, 5.74) is 0. The topological polar surface area (TPSA) is 15.3 Å². The quantitative estimate of drug-likeness (QED) is 0.712. The third-order valence-electron chi connectivity index (χ3n) is 2.88. The van der Waals surface area contributed by atoms with Crippen molar-refractivity contribution in [3.8, 4) is 0 Å². The third kappa shape index (κ3) is 2.61. The van der Waals surface area contributed by atoms with Gasteiger partial charge in [-0.05, 0) is 18.8 Å². The molecule has 1 aliphatic carbocycles. The Hall–Kier alpha value is -0.220. The molecule has 1 saturated heterocycles. The van der Waals surface area contributed by atoms with Gasteiger partial charge in [0.15, 0.2) is 0 Å². The van der Waals surface area contributed by atoms with E-state index >= 15 is 0 Å². The zero-order valence-corrected chi connectivity index (χ0v) is 7.68. The van der Waals surface area contributed by atoms with E-state index in [2.05, 4.69) is 5.32 Å². The van der Waals surface area contributed by atoms with Crippen molar-refractivity contribution in [1.29, 1.82) is 0 Å². The molecule has 1 unspecified atom stereocenters. The molecule has 1 N–H and O–H groups in total. The SMILES string of the molecule is FC(F)CN1CCNC(C2CC2)C1. The summed E-state index contributed by atoms with van der Waals surface area (Å²) in [7, 11) is 0. The first kappa shape index (κ1) is 9.34. The summed E-state index contributed by atoms with van der Waals surface area (Å²) in [4.78, 5) is 1.88. The fraction of sp³-hybridized carbons (Fsp3) is 1.00. The predicted octanol–water partition coefficient (Wildman–Crippen LogP) is 0.935. The zero-order chi connectivity index (χ0) is 9.26. The molecule has 0 amide bonds. The first-order valence-electron chi connectivity index (χ1n) is 4.99. The van der Waals surface area contributed by atoms with E-state index in [1.807, 2.05) is 4.90 Å². The Morgan fingerprint density at radius 2 is 2.15 bits per heavy atom. The number of piperazine rings is 1. The maximum absolute atomic E-state index is 12.1. The highest BCUT2D eigenvalue weighted by molar-refractivity contribution is 4.91. The molecule has 0 aromatic heterocycles. The average molecular weight is 190 g/mol. The van der Waals surface area contributed by atoms with E-state index in [1.165, 1.54) is 12.8 Å². The van der Waals surface area contributed by atoms with Crippen LogP contribution in [-0.4, -0.2) is 43.5 Å². The molecule has 0 radical (unpaired) electrons. The second-order valence-corrected chi connectivity index (χ2v) is 4.05. The van der Waals surface area contributed by atoms with Crippen molar-refractivity contribution in [3.63, 3.8) is 0 Å². The van der Waals surface area contributed by atoms with E-state index in [9.17, 15) is 8.78 Å². The van der Waals surface area contributed by atoms with E-state index in [-0.39, 0.29) is 6.54 Å². The van der Waals surface area contributed by atoms with Crippen molar-refractivity contribution in [3.05, 3.63) is 0 Å². The van der Waals surface area contributed by atoms with Gasteiger partial charge >= 0.3 is 0 Å². The van der Waals surface area contributed by atoms with Crippen LogP contribution in [0.5, 0.6) is 0 Å². The number of hydrogen-bond acceptors (Lipinski definition) is 2. The van der Waals surface area contributed by atoms with Crippen molar-refractivity contribution in [2.24, 2.45) is 5.92 Å². The molecule has 2 aliphatic rings. The van der Waals surface area contributed by atoms with Crippen molar-refractivity contribution in [2.75, 3.05) is 26.2 Å². The third-order valence-corrected chi connectivity index (χ3v) is 2.88. The van der Waals surface area contributed by atoms with E-state index in [4.69, 9.17) is 0 Å². The van der Waals surface area contributed by atoms with Crippen LogP contribution in [0.15, 0.2) is 0 Å². The number of nitrogens with zero attached hydrogens (tertiary/aromatic N) is 1. The van der Waals surface area contributed by atoms with Gasteiger partial charge in [-0.25, -0.2) is 8.78 Å². The predicted molar refractivity (Wildman–Crippen MR) is 47.0 cm³/mol. The molecular formula is C9H16F2N2. The highest BCUT2D eigenvalue weighted by atomic mass is 19.3. The molecule has 13 heavy (non-hydrogen) atoms. The average Bonchev–Trinajstić information content (AvgIpc) is 2.85. The molecule has 2 fully saturated rings. The highest BCUT2D eigenvalue weighted by Crippen LogP contribution is 2.33. The summed E-state index contributed by atoms with van der Waals surface area (Å²) < 4.78 is 24.2. The molecule has 76 valence electrons. The lowest BCUT2D eigenvalue weighted by molar-refractivity contribution is 0.0705. The van der Waals surface area contributed by atoms with Gasteiger partial charge in [0.05, 0.1) is 6.54 Å². The van der Waals surface area contributed by atoms with E-state index in [1.54, 1.807) is 0 Å². The van der Waals surface area contributed by atoms with Gasteiger partial charge in [-0.3, -0.25) is 4.90 Å². The Labute approximate surface area is 77.3 Å². The van der Waals surface area contributed by atoms with Gasteiger partial charge in [0.1, 0.15) is 0 Å². The van der Waals surface area contributed by atoms with Gasteiger partial charge in [0, 0.05) is 25.7 Å². The Morgan fingerprint density at radius 3 is 2.77 bits per heavy atom. The lowest BCUT2D eigenvalue weighted by atomic mass is 10.1. The lowest BCUT2D eigenvalue weighted by Crippen LogP contribution is -2.52. The number of alkyl halides is 2. The summed E-state index contributed by atoms with van der Waals surface area (Å²) in [6, 6.07) is 0.479. The van der Waals surface area contributed by atoms with Crippen molar-refractivity contribution >= 4 is 0 Å². The van der Waals surface area contributed by atoms with E-state index in [0.29, 0.717) is 6.04 Å². The van der Waals surface area contributed by atoms with Gasteiger partial charge < -0.3 is 5.32 Å². The van der Waals surface area contributed by atoms with Gasteiger partial charge in [0.2, 0.25) is 0 Å². The molecule has 0 aromatic rings. The fourth-order valence-corrected chi connectivity index (χ4v) is 2.02. The summed E-state index contributed by atoms with van der Waals surface area (Å²) in [5, 5.41) is 3.40. The molecule has 1 saturated carbocycles. The molecule has 1 atom stereocenters. The molecule has 0 spiro atoms. The number of halogens is 2. The van der Waals surface area contributed by atoms with Crippen molar-refractivity contribution in [2.45, 2.75) is 25.3 Å². The maximum Gasteiger partial charge on any atom is 0.251 e. The van der Waals surface area contributed by atoms with E-state index in [0.717, 1.165) is 25.6 Å². The molecule has 1 heterocycles. The summed E-state index contributed by atoms with van der Waals surface area (Å²) >= 11 is 0. The second kappa shape index (κ2) is 3.88. The molecule has 0 aromatic carbocycles. The van der Waals surface area contributed by atoms with Crippen LogP contribution in [0.3, 0.4) is 0 Å². The van der Waals surface area contributed by atoms with Gasteiger partial charge in [-0.1, -0.05) is 0 Å². The lowest BCUT2D eigenvalue weighted by Gasteiger charge is -2.33. The first-order valence-corrected chi connectivity index (χ1v) is 4.99. The molecule has 2 rings (SSSR count). The Balaban J connectivity index is 1.77. The van der Waals surface area contributed by atoms with Crippen LogP contribution in [0.25, 0.3) is 0 Å². The van der Waals surface area contributed by atoms with Crippen LogP contribution in [0.2, 0.25) is 0 Å². The highest BCUT2D eigenvalue weighted by Gasteiger charge is 2.34. The Kier molecular flexibility index (Phi) is 2.79. The molecule has 1 aliphatic heterocycles. The number of rotatable bonds is 3. The minimum Gasteiger partial charge on any atom is -0.311 e. The maximum atomic E-state index is 12.1. The summed E-state index contributed by atoms with van der Waals surface area (Å²) in [6.45, 7) is 2.40. The minimum absolute atomic E-state index is 0.0507. The normalized spacial score (nSPS) is 31.2. The Morgan fingerprint density at radius 1 is 1.38 bits per heavy atom. The largest absolute Gasteiger partial charge is 0.311 e. The summed E-state index contributed by atoms with van der Waals surface area (Å²) in [5.74, 6) is 0.764. The molecular weight excluding hydrogens is 174 g/mol. The zero-order valence-electron chi connectivity index (χ0n) is 7.68. The van der Waals surface area contributed by atoms with Crippen LogP contribution < -0.4 is 5.32 Å². The molecule has 2 nitrogen and oxygen atoms in total. The number of nitrogens with one attached hydrogen (secondary N) is 1.